The monoisotopic (exact) mass is 314 g/mol. The summed E-state index contributed by atoms with van der Waals surface area (Å²) in [6, 6.07) is 5.18. The van der Waals surface area contributed by atoms with Crippen LogP contribution in [0.5, 0.6) is 0 Å². The van der Waals surface area contributed by atoms with Crippen LogP contribution in [0.3, 0.4) is 0 Å². The van der Waals surface area contributed by atoms with Crippen molar-refractivity contribution in [2.24, 2.45) is 0 Å². The van der Waals surface area contributed by atoms with E-state index < -0.39 is 0 Å². The normalized spacial score (nSPS) is 17.3. The maximum absolute atomic E-state index is 12.3. The molecule has 2 aromatic heterocycles. The summed E-state index contributed by atoms with van der Waals surface area (Å²) in [6.07, 6.45) is 3.77. The van der Waals surface area contributed by atoms with Gasteiger partial charge in [-0.2, -0.15) is 0 Å². The predicted octanol–water partition coefficient (Wildman–Crippen LogP) is 0.337. The van der Waals surface area contributed by atoms with Crippen LogP contribution in [0.15, 0.2) is 30.6 Å². The zero-order valence-corrected chi connectivity index (χ0v) is 12.8. The maximum atomic E-state index is 12.3. The van der Waals surface area contributed by atoms with Gasteiger partial charge < -0.3 is 10.2 Å². The van der Waals surface area contributed by atoms with Gasteiger partial charge in [0.1, 0.15) is 11.4 Å². The number of hydrogen-bond acceptors (Lipinski definition) is 5. The zero-order valence-electron chi connectivity index (χ0n) is 12.8. The molecule has 0 radical (unpaired) electrons. The molecule has 0 bridgehead atoms. The molecule has 8 nitrogen and oxygen atoms in total. The summed E-state index contributed by atoms with van der Waals surface area (Å²) in [5, 5.41) is 10.5. The van der Waals surface area contributed by atoms with E-state index in [4.69, 9.17) is 0 Å². The summed E-state index contributed by atoms with van der Waals surface area (Å²) in [7, 11) is 0. The molecule has 3 heterocycles. The highest BCUT2D eigenvalue weighted by molar-refractivity contribution is 5.93. The molecule has 1 aliphatic rings. The molecule has 1 unspecified atom stereocenters. The summed E-state index contributed by atoms with van der Waals surface area (Å²) in [6.45, 7) is 3.56. The Bertz CT molecular complexity index is 699. The van der Waals surface area contributed by atoms with Crippen LogP contribution in [0.2, 0.25) is 0 Å². The first kappa shape index (κ1) is 15.1. The molecule has 1 fully saturated rings. The summed E-state index contributed by atoms with van der Waals surface area (Å²) in [4.78, 5) is 30.4. The van der Waals surface area contributed by atoms with Gasteiger partial charge in [0, 0.05) is 31.9 Å². The third-order valence-corrected chi connectivity index (χ3v) is 3.84. The maximum Gasteiger partial charge on any atom is 0.272 e. The van der Waals surface area contributed by atoms with Crippen molar-refractivity contribution < 1.29 is 9.59 Å². The molecule has 0 spiro atoms. The van der Waals surface area contributed by atoms with Crippen LogP contribution >= 0.6 is 0 Å². The van der Waals surface area contributed by atoms with Gasteiger partial charge in [-0.25, -0.2) is 4.68 Å². The Kier molecular flexibility index (Phi) is 4.31. The Labute approximate surface area is 133 Å². The van der Waals surface area contributed by atoms with Crippen LogP contribution in [0.25, 0.3) is 0 Å². The average molecular weight is 314 g/mol. The number of aryl methyl sites for hydroxylation is 1. The Balaban J connectivity index is 1.60. The first-order valence-corrected chi connectivity index (χ1v) is 7.58. The van der Waals surface area contributed by atoms with Crippen molar-refractivity contribution in [3.8, 4) is 0 Å². The van der Waals surface area contributed by atoms with Gasteiger partial charge in [-0.15, -0.1) is 5.10 Å². The number of hydrogen-bond donors (Lipinski definition) is 1. The van der Waals surface area contributed by atoms with Crippen LogP contribution in [0.4, 0.5) is 0 Å². The van der Waals surface area contributed by atoms with Gasteiger partial charge >= 0.3 is 0 Å². The number of carbonyl (C=O) groups is 2. The summed E-state index contributed by atoms with van der Waals surface area (Å²) < 4.78 is 1.54. The number of aromatic nitrogens is 4. The topological polar surface area (TPSA) is 93.0 Å². The fraction of sp³-hybridized carbons (Fsp3) is 0.400. The Morgan fingerprint density at radius 2 is 2.26 bits per heavy atom. The molecule has 0 aliphatic carbocycles. The summed E-state index contributed by atoms with van der Waals surface area (Å²) >= 11 is 0. The van der Waals surface area contributed by atoms with Gasteiger partial charge in [0.05, 0.1) is 6.20 Å². The molecule has 0 saturated carbocycles. The molecule has 3 rings (SSSR count). The highest BCUT2D eigenvalue weighted by Crippen LogP contribution is 2.13. The second-order valence-electron chi connectivity index (χ2n) is 5.36. The second kappa shape index (κ2) is 6.55. The summed E-state index contributed by atoms with van der Waals surface area (Å²) in [5.74, 6) is -0.323. The molecule has 2 amide bonds. The molecule has 1 aliphatic heterocycles. The minimum absolute atomic E-state index is 0.0737. The molecule has 0 aromatic carbocycles. The van der Waals surface area contributed by atoms with Crippen LogP contribution < -0.4 is 5.32 Å². The standard InChI is InChI=1S/C15H18N6O2/c1-2-21-13(9-17-19-21)14(22)18-11-6-8-20(10-11)15(23)12-5-3-4-7-16-12/h3-5,7,9,11H,2,6,8,10H2,1H3,(H,18,22). The van der Waals surface area contributed by atoms with Gasteiger partial charge in [-0.1, -0.05) is 11.3 Å². The van der Waals surface area contributed by atoms with Gasteiger partial charge in [-0.05, 0) is 25.5 Å². The van der Waals surface area contributed by atoms with Crippen molar-refractivity contribution in [1.82, 2.24) is 30.2 Å². The number of likely N-dealkylation sites (tertiary alicyclic amines) is 1. The molecular weight excluding hydrogens is 296 g/mol. The van der Waals surface area contributed by atoms with Crippen molar-refractivity contribution >= 4 is 11.8 Å². The Morgan fingerprint density at radius 3 is 3.00 bits per heavy atom. The first-order chi connectivity index (χ1) is 11.2. The Morgan fingerprint density at radius 1 is 1.39 bits per heavy atom. The number of amides is 2. The van der Waals surface area contributed by atoms with Crippen LogP contribution in [-0.2, 0) is 6.54 Å². The van der Waals surface area contributed by atoms with E-state index in [1.54, 1.807) is 34.0 Å². The van der Waals surface area contributed by atoms with E-state index in [2.05, 4.69) is 20.6 Å². The fourth-order valence-corrected chi connectivity index (χ4v) is 2.64. The molecule has 1 N–H and O–H groups in total. The van der Waals surface area contributed by atoms with Crippen molar-refractivity contribution in [2.45, 2.75) is 25.9 Å². The quantitative estimate of drug-likeness (QED) is 0.878. The van der Waals surface area contributed by atoms with Gasteiger partial charge in [0.25, 0.3) is 11.8 Å². The lowest BCUT2D eigenvalue weighted by atomic mass is 10.2. The third kappa shape index (κ3) is 3.20. The predicted molar refractivity (Wildman–Crippen MR) is 81.7 cm³/mol. The highest BCUT2D eigenvalue weighted by Gasteiger charge is 2.29. The van der Waals surface area contributed by atoms with E-state index in [9.17, 15) is 9.59 Å². The van der Waals surface area contributed by atoms with E-state index in [0.717, 1.165) is 6.42 Å². The zero-order chi connectivity index (χ0) is 16.2. The van der Waals surface area contributed by atoms with Crippen LogP contribution in [0.1, 0.15) is 34.3 Å². The van der Waals surface area contributed by atoms with E-state index in [0.29, 0.717) is 31.0 Å². The van der Waals surface area contributed by atoms with Crippen molar-refractivity contribution in [3.05, 3.63) is 42.0 Å². The Hall–Kier alpha value is -2.77. The average Bonchev–Trinajstić information content (AvgIpc) is 3.23. The lowest BCUT2D eigenvalue weighted by Crippen LogP contribution is -2.39. The van der Waals surface area contributed by atoms with Crippen molar-refractivity contribution in [1.29, 1.82) is 0 Å². The minimum atomic E-state index is -0.214. The lowest BCUT2D eigenvalue weighted by Gasteiger charge is -2.16. The van der Waals surface area contributed by atoms with Crippen LogP contribution in [0, 0.1) is 0 Å². The fourth-order valence-electron chi connectivity index (χ4n) is 2.64. The minimum Gasteiger partial charge on any atom is -0.346 e. The van der Waals surface area contributed by atoms with E-state index in [-0.39, 0.29) is 17.9 Å². The largest absolute Gasteiger partial charge is 0.346 e. The van der Waals surface area contributed by atoms with E-state index in [1.165, 1.54) is 6.20 Å². The molecule has 2 aromatic rings. The molecule has 120 valence electrons. The third-order valence-electron chi connectivity index (χ3n) is 3.84. The van der Waals surface area contributed by atoms with Gasteiger partial charge in [-0.3, -0.25) is 14.6 Å². The highest BCUT2D eigenvalue weighted by atomic mass is 16.2. The lowest BCUT2D eigenvalue weighted by molar-refractivity contribution is 0.0777. The number of nitrogens with one attached hydrogen (secondary N) is 1. The molecule has 1 saturated heterocycles. The van der Waals surface area contributed by atoms with E-state index >= 15 is 0 Å². The smallest absolute Gasteiger partial charge is 0.272 e. The molecule has 8 heteroatoms. The number of rotatable bonds is 4. The number of carbonyl (C=O) groups excluding carboxylic acids is 2. The van der Waals surface area contributed by atoms with Gasteiger partial charge in [0.2, 0.25) is 0 Å². The SMILES string of the molecule is CCn1nncc1C(=O)NC1CCN(C(=O)c2ccccn2)C1. The first-order valence-electron chi connectivity index (χ1n) is 7.58. The molecule has 23 heavy (non-hydrogen) atoms. The van der Waals surface area contributed by atoms with E-state index in [1.807, 2.05) is 6.92 Å². The van der Waals surface area contributed by atoms with Crippen molar-refractivity contribution in [2.75, 3.05) is 13.1 Å². The van der Waals surface area contributed by atoms with Gasteiger partial charge in [0.15, 0.2) is 0 Å². The number of nitrogens with zero attached hydrogens (tertiary/aromatic N) is 5. The summed E-state index contributed by atoms with van der Waals surface area (Å²) in [5.41, 5.74) is 0.856. The molecule has 1 atom stereocenters. The van der Waals surface area contributed by atoms with Crippen molar-refractivity contribution in [3.63, 3.8) is 0 Å². The second-order valence-corrected chi connectivity index (χ2v) is 5.36. The molecular formula is C15H18N6O2. The number of pyridine rings is 1. The van der Waals surface area contributed by atoms with Crippen LogP contribution in [-0.4, -0.2) is 55.8 Å².